The maximum absolute atomic E-state index is 12.8. The van der Waals surface area contributed by atoms with Gasteiger partial charge in [-0.15, -0.1) is 0 Å². The summed E-state index contributed by atoms with van der Waals surface area (Å²) in [4.78, 5) is 36.5. The number of carbonyl (C=O) groups excluding carboxylic acids is 2. The first-order valence-electron chi connectivity index (χ1n) is 9.54. The van der Waals surface area contributed by atoms with Crippen LogP contribution in [0.3, 0.4) is 0 Å². The number of carbonyl (C=O) groups is 2. The Morgan fingerprint density at radius 2 is 2.25 bits per heavy atom. The molecule has 0 saturated carbocycles. The van der Waals surface area contributed by atoms with E-state index in [1.54, 1.807) is 29.6 Å². The zero-order chi connectivity index (χ0) is 19.5. The van der Waals surface area contributed by atoms with Crippen molar-refractivity contribution < 1.29 is 14.3 Å². The molecule has 1 saturated heterocycles. The first-order valence-corrected chi connectivity index (χ1v) is 9.54. The molecule has 1 aromatic heterocycles. The molecule has 1 fully saturated rings. The van der Waals surface area contributed by atoms with Gasteiger partial charge in [0.2, 0.25) is 0 Å². The summed E-state index contributed by atoms with van der Waals surface area (Å²) in [5, 5.41) is 2.95. The lowest BCUT2D eigenvalue weighted by molar-refractivity contribution is -0.121. The normalized spacial score (nSPS) is 19.0. The summed E-state index contributed by atoms with van der Waals surface area (Å²) in [5.74, 6) is 0.770. The molecule has 2 aliphatic rings. The fourth-order valence-electron chi connectivity index (χ4n) is 3.78. The van der Waals surface area contributed by atoms with E-state index in [0.29, 0.717) is 31.1 Å². The monoisotopic (exact) mass is 381 g/mol. The number of piperidine rings is 1. The number of likely N-dealkylation sites (N-methyl/N-ethyl adjacent to an activating group) is 1. The smallest absolute Gasteiger partial charge is 0.321 e. The van der Waals surface area contributed by atoms with Crippen LogP contribution in [0.5, 0.6) is 5.75 Å². The number of urea groups is 1. The van der Waals surface area contributed by atoms with Gasteiger partial charge in [0.25, 0.3) is 5.91 Å². The number of fused-ring (bicyclic) bond motifs is 1. The molecule has 3 amide bonds. The van der Waals surface area contributed by atoms with Crippen molar-refractivity contribution in [2.45, 2.75) is 25.7 Å². The van der Waals surface area contributed by atoms with Crippen LogP contribution in [0.2, 0.25) is 0 Å². The number of benzene rings is 1. The number of ether oxygens (including phenoxy) is 1. The molecule has 3 heterocycles. The molecule has 1 aromatic carbocycles. The van der Waals surface area contributed by atoms with Crippen LogP contribution in [0.4, 0.5) is 16.2 Å². The molecule has 0 bridgehead atoms. The number of hydrogen-bond acceptors (Lipinski definition) is 5. The maximum atomic E-state index is 12.8. The van der Waals surface area contributed by atoms with Crippen LogP contribution in [-0.2, 0) is 4.79 Å². The molecular weight excluding hydrogens is 358 g/mol. The second kappa shape index (κ2) is 7.84. The van der Waals surface area contributed by atoms with Crippen LogP contribution >= 0.6 is 0 Å². The molecule has 8 nitrogen and oxygen atoms in total. The standard InChI is InChI=1S/C20H23N5O3/c1-2-25-17-6-5-15(10-18(17)28-12-19(25)26)23-20(27)24-9-3-4-14(11-24)16-7-8-21-13-22-16/h5-8,10,13-14H,2-4,9,11-12H2,1H3,(H,23,27)/t14-/m1/s1. The van der Waals surface area contributed by atoms with Gasteiger partial charge in [0.1, 0.15) is 12.1 Å². The Morgan fingerprint density at radius 3 is 3.04 bits per heavy atom. The Kier molecular flexibility index (Phi) is 5.10. The number of anilines is 2. The average Bonchev–Trinajstić information content (AvgIpc) is 2.74. The summed E-state index contributed by atoms with van der Waals surface area (Å²) in [6.45, 7) is 3.87. The van der Waals surface area contributed by atoms with E-state index in [4.69, 9.17) is 4.74 Å². The number of nitrogens with zero attached hydrogens (tertiary/aromatic N) is 4. The summed E-state index contributed by atoms with van der Waals surface area (Å²) >= 11 is 0. The van der Waals surface area contributed by atoms with Crippen molar-refractivity contribution in [3.8, 4) is 5.75 Å². The minimum Gasteiger partial charge on any atom is -0.481 e. The molecule has 2 aromatic rings. The quantitative estimate of drug-likeness (QED) is 0.883. The van der Waals surface area contributed by atoms with E-state index < -0.39 is 0 Å². The summed E-state index contributed by atoms with van der Waals surface area (Å²) in [7, 11) is 0. The lowest BCUT2D eigenvalue weighted by atomic mass is 9.95. The molecule has 0 aliphatic carbocycles. The van der Waals surface area contributed by atoms with E-state index in [1.165, 1.54) is 0 Å². The molecule has 28 heavy (non-hydrogen) atoms. The van der Waals surface area contributed by atoms with Gasteiger partial charge >= 0.3 is 6.03 Å². The zero-order valence-corrected chi connectivity index (χ0v) is 15.8. The van der Waals surface area contributed by atoms with Gasteiger partial charge in [0.15, 0.2) is 6.61 Å². The largest absolute Gasteiger partial charge is 0.481 e. The predicted molar refractivity (Wildman–Crippen MR) is 105 cm³/mol. The molecule has 1 N–H and O–H groups in total. The third-order valence-electron chi connectivity index (χ3n) is 5.20. The van der Waals surface area contributed by atoms with Crippen molar-refractivity contribution >= 4 is 23.3 Å². The molecular formula is C20H23N5O3. The first kappa shape index (κ1) is 18.2. The van der Waals surface area contributed by atoms with Crippen LogP contribution in [0.25, 0.3) is 0 Å². The highest BCUT2D eigenvalue weighted by molar-refractivity contribution is 5.98. The summed E-state index contributed by atoms with van der Waals surface area (Å²) in [6.07, 6.45) is 5.22. The van der Waals surface area contributed by atoms with Crippen LogP contribution in [0.15, 0.2) is 36.8 Å². The van der Waals surface area contributed by atoms with Crippen molar-refractivity contribution in [3.05, 3.63) is 42.5 Å². The minimum absolute atomic E-state index is 0.0188. The van der Waals surface area contributed by atoms with Gasteiger partial charge in [0.05, 0.1) is 5.69 Å². The van der Waals surface area contributed by atoms with E-state index in [9.17, 15) is 9.59 Å². The number of nitrogens with one attached hydrogen (secondary N) is 1. The van der Waals surface area contributed by atoms with Crippen LogP contribution in [0, 0.1) is 0 Å². The number of hydrogen-bond donors (Lipinski definition) is 1. The number of likely N-dealkylation sites (tertiary alicyclic amines) is 1. The zero-order valence-electron chi connectivity index (χ0n) is 15.8. The molecule has 0 radical (unpaired) electrons. The lowest BCUT2D eigenvalue weighted by Crippen LogP contribution is -2.42. The van der Waals surface area contributed by atoms with Crippen molar-refractivity contribution in [1.29, 1.82) is 0 Å². The highest BCUT2D eigenvalue weighted by Crippen LogP contribution is 2.34. The van der Waals surface area contributed by atoms with Crippen molar-refractivity contribution in [1.82, 2.24) is 14.9 Å². The van der Waals surface area contributed by atoms with E-state index in [1.807, 2.05) is 24.0 Å². The van der Waals surface area contributed by atoms with Gasteiger partial charge in [-0.25, -0.2) is 14.8 Å². The number of aromatic nitrogens is 2. The van der Waals surface area contributed by atoms with Gasteiger partial charge in [-0.3, -0.25) is 4.79 Å². The van der Waals surface area contributed by atoms with Gasteiger partial charge in [-0.2, -0.15) is 0 Å². The summed E-state index contributed by atoms with van der Waals surface area (Å²) in [5.41, 5.74) is 2.36. The third-order valence-corrected chi connectivity index (χ3v) is 5.20. The Bertz CT molecular complexity index is 873. The summed E-state index contributed by atoms with van der Waals surface area (Å²) in [6, 6.07) is 7.15. The Labute approximate surface area is 163 Å². The van der Waals surface area contributed by atoms with Gasteiger partial charge < -0.3 is 19.9 Å². The molecule has 2 aliphatic heterocycles. The van der Waals surface area contributed by atoms with Gasteiger partial charge in [0, 0.05) is 49.2 Å². The molecule has 0 unspecified atom stereocenters. The van der Waals surface area contributed by atoms with Crippen molar-refractivity contribution in [2.75, 3.05) is 36.5 Å². The minimum atomic E-state index is -0.141. The van der Waals surface area contributed by atoms with Crippen LogP contribution in [-0.4, -0.2) is 53.0 Å². The number of rotatable bonds is 3. The number of amides is 3. The third kappa shape index (κ3) is 3.62. The van der Waals surface area contributed by atoms with E-state index in [-0.39, 0.29) is 24.5 Å². The van der Waals surface area contributed by atoms with Crippen LogP contribution < -0.4 is 15.0 Å². The highest BCUT2D eigenvalue weighted by Gasteiger charge is 2.27. The molecule has 0 spiro atoms. The fourth-order valence-corrected chi connectivity index (χ4v) is 3.78. The predicted octanol–water partition coefficient (Wildman–Crippen LogP) is 2.63. The Balaban J connectivity index is 1.44. The Hall–Kier alpha value is -3.16. The SMILES string of the molecule is CCN1C(=O)COc2cc(NC(=O)N3CCC[C@@H](c4ccncn4)C3)ccc21. The second-order valence-corrected chi connectivity index (χ2v) is 6.96. The van der Waals surface area contributed by atoms with E-state index >= 15 is 0 Å². The van der Waals surface area contributed by atoms with Gasteiger partial charge in [-0.1, -0.05) is 0 Å². The average molecular weight is 381 g/mol. The first-order chi connectivity index (χ1) is 13.7. The van der Waals surface area contributed by atoms with Crippen molar-refractivity contribution in [2.24, 2.45) is 0 Å². The molecule has 146 valence electrons. The van der Waals surface area contributed by atoms with Gasteiger partial charge in [-0.05, 0) is 38.0 Å². The molecule has 8 heteroatoms. The summed E-state index contributed by atoms with van der Waals surface area (Å²) < 4.78 is 5.54. The van der Waals surface area contributed by atoms with E-state index in [0.717, 1.165) is 24.2 Å². The van der Waals surface area contributed by atoms with E-state index in [2.05, 4.69) is 15.3 Å². The van der Waals surface area contributed by atoms with Crippen molar-refractivity contribution in [3.63, 3.8) is 0 Å². The van der Waals surface area contributed by atoms with Crippen LogP contribution in [0.1, 0.15) is 31.4 Å². The lowest BCUT2D eigenvalue weighted by Gasteiger charge is -2.32. The second-order valence-electron chi connectivity index (χ2n) is 6.96. The molecule has 1 atom stereocenters. The maximum Gasteiger partial charge on any atom is 0.321 e. The Morgan fingerprint density at radius 1 is 1.36 bits per heavy atom. The topological polar surface area (TPSA) is 87.7 Å². The highest BCUT2D eigenvalue weighted by atomic mass is 16.5. The fraction of sp³-hybridized carbons (Fsp3) is 0.400. The molecule has 4 rings (SSSR count).